The molecule has 0 radical (unpaired) electrons. The van der Waals surface area contributed by atoms with Crippen LogP contribution in [0.5, 0.6) is 0 Å². The first-order valence-electron chi connectivity index (χ1n) is 8.12. The molecule has 4 nitrogen and oxygen atoms in total. The smallest absolute Gasteiger partial charge is 0.269 e. The molecule has 22 heavy (non-hydrogen) atoms. The molecular weight excluding hydrogens is 274 g/mol. The Labute approximate surface area is 133 Å². The Kier molecular flexibility index (Phi) is 6.13. The Morgan fingerprint density at radius 1 is 1.36 bits per heavy atom. The number of hydrogen-bond donors (Lipinski definition) is 1. The van der Waals surface area contributed by atoms with Crippen molar-refractivity contribution in [1.82, 2.24) is 15.2 Å². The first-order chi connectivity index (χ1) is 10.5. The number of aryl methyl sites for hydroxylation is 1. The maximum atomic E-state index is 12.1. The number of allylic oxidation sites excluding steroid dienone is 1. The summed E-state index contributed by atoms with van der Waals surface area (Å²) < 4.78 is 0. The number of amides is 1. The van der Waals surface area contributed by atoms with E-state index in [2.05, 4.69) is 35.1 Å². The van der Waals surface area contributed by atoms with E-state index in [9.17, 15) is 4.79 Å². The molecule has 1 aromatic heterocycles. The van der Waals surface area contributed by atoms with Crippen LogP contribution < -0.4 is 5.32 Å². The van der Waals surface area contributed by atoms with Crippen LogP contribution in [0.1, 0.15) is 42.9 Å². The predicted octanol–water partition coefficient (Wildman–Crippen LogP) is 2.80. The van der Waals surface area contributed by atoms with E-state index in [1.54, 1.807) is 6.07 Å². The zero-order valence-corrected chi connectivity index (χ0v) is 13.9. The fourth-order valence-electron chi connectivity index (χ4n) is 2.68. The van der Waals surface area contributed by atoms with E-state index in [0.717, 1.165) is 44.7 Å². The maximum absolute atomic E-state index is 12.1. The fourth-order valence-corrected chi connectivity index (χ4v) is 2.68. The van der Waals surface area contributed by atoms with Gasteiger partial charge in [-0.3, -0.25) is 9.69 Å². The number of aromatic nitrogens is 1. The standard InChI is InChI=1S/C18H27N3O/c1-14(2)7-10-21-11-8-16(9-12-21)13-19-18(22)17-6-4-5-15(3)20-17/h4-7,16H,8-13H2,1-3H3,(H,19,22). The van der Waals surface area contributed by atoms with Gasteiger partial charge in [0.2, 0.25) is 0 Å². The first kappa shape index (κ1) is 16.7. The summed E-state index contributed by atoms with van der Waals surface area (Å²) in [5.41, 5.74) is 2.77. The van der Waals surface area contributed by atoms with Crippen molar-refractivity contribution in [1.29, 1.82) is 0 Å². The molecule has 1 aliphatic rings. The van der Waals surface area contributed by atoms with Crippen molar-refractivity contribution in [3.63, 3.8) is 0 Å². The maximum Gasteiger partial charge on any atom is 0.269 e. The van der Waals surface area contributed by atoms with Gasteiger partial charge in [0.05, 0.1) is 0 Å². The third-order valence-corrected chi connectivity index (χ3v) is 4.14. The summed E-state index contributed by atoms with van der Waals surface area (Å²) in [7, 11) is 0. The van der Waals surface area contributed by atoms with Crippen molar-refractivity contribution < 1.29 is 4.79 Å². The number of carbonyl (C=O) groups excluding carboxylic acids is 1. The largest absolute Gasteiger partial charge is 0.350 e. The average molecular weight is 301 g/mol. The number of hydrogen-bond acceptors (Lipinski definition) is 3. The summed E-state index contributed by atoms with van der Waals surface area (Å²) in [6.45, 7) is 10.2. The Bertz CT molecular complexity index is 527. The summed E-state index contributed by atoms with van der Waals surface area (Å²) >= 11 is 0. The average Bonchev–Trinajstić information content (AvgIpc) is 2.51. The molecule has 4 heteroatoms. The highest BCUT2D eigenvalue weighted by atomic mass is 16.1. The van der Waals surface area contributed by atoms with Gasteiger partial charge in [0.1, 0.15) is 5.69 Å². The lowest BCUT2D eigenvalue weighted by Gasteiger charge is -2.31. The number of nitrogens with one attached hydrogen (secondary N) is 1. The molecule has 1 aliphatic heterocycles. The van der Waals surface area contributed by atoms with Crippen LogP contribution >= 0.6 is 0 Å². The minimum atomic E-state index is -0.0596. The van der Waals surface area contributed by atoms with Gasteiger partial charge in [-0.05, 0) is 64.8 Å². The molecule has 0 saturated carbocycles. The van der Waals surface area contributed by atoms with Gasteiger partial charge in [-0.1, -0.05) is 17.7 Å². The summed E-state index contributed by atoms with van der Waals surface area (Å²) in [5.74, 6) is 0.521. The molecule has 0 spiro atoms. The Hall–Kier alpha value is -1.68. The summed E-state index contributed by atoms with van der Waals surface area (Å²) in [5, 5.41) is 3.03. The number of carbonyl (C=O) groups is 1. The summed E-state index contributed by atoms with van der Waals surface area (Å²) in [6, 6.07) is 5.54. The molecule has 1 amide bonds. The summed E-state index contributed by atoms with van der Waals surface area (Å²) in [4.78, 5) is 18.8. The molecule has 0 aliphatic carbocycles. The molecule has 120 valence electrons. The summed E-state index contributed by atoms with van der Waals surface area (Å²) in [6.07, 6.45) is 4.59. The molecule has 0 atom stereocenters. The van der Waals surface area contributed by atoms with Crippen LogP contribution in [0.4, 0.5) is 0 Å². The fraction of sp³-hybridized carbons (Fsp3) is 0.556. The van der Waals surface area contributed by atoms with Crippen molar-refractivity contribution in [2.45, 2.75) is 33.6 Å². The molecule has 2 heterocycles. The monoisotopic (exact) mass is 301 g/mol. The van der Waals surface area contributed by atoms with E-state index in [0.29, 0.717) is 11.6 Å². The second kappa shape index (κ2) is 8.08. The molecule has 2 rings (SSSR count). The normalized spacial score (nSPS) is 16.3. The quantitative estimate of drug-likeness (QED) is 0.851. The topological polar surface area (TPSA) is 45.2 Å². The van der Waals surface area contributed by atoms with Crippen LogP contribution in [-0.2, 0) is 0 Å². The van der Waals surface area contributed by atoms with Crippen LogP contribution in [0.15, 0.2) is 29.8 Å². The van der Waals surface area contributed by atoms with Crippen LogP contribution in [0, 0.1) is 12.8 Å². The molecule has 1 saturated heterocycles. The van der Waals surface area contributed by atoms with Gasteiger partial charge in [-0.15, -0.1) is 0 Å². The van der Waals surface area contributed by atoms with Gasteiger partial charge < -0.3 is 5.32 Å². The highest BCUT2D eigenvalue weighted by Gasteiger charge is 2.19. The van der Waals surface area contributed by atoms with E-state index >= 15 is 0 Å². The predicted molar refractivity (Wildman–Crippen MR) is 89.9 cm³/mol. The highest BCUT2D eigenvalue weighted by molar-refractivity contribution is 5.92. The van der Waals surface area contributed by atoms with Crippen molar-refractivity contribution in [2.75, 3.05) is 26.2 Å². The zero-order valence-electron chi connectivity index (χ0n) is 13.9. The van der Waals surface area contributed by atoms with Gasteiger partial charge in [-0.2, -0.15) is 0 Å². The number of rotatable bonds is 5. The first-order valence-corrected chi connectivity index (χ1v) is 8.12. The number of nitrogens with zero attached hydrogens (tertiary/aromatic N) is 2. The van der Waals surface area contributed by atoms with Crippen LogP contribution in [0.3, 0.4) is 0 Å². The molecular formula is C18H27N3O. The van der Waals surface area contributed by atoms with Crippen LogP contribution in [-0.4, -0.2) is 42.0 Å². The third-order valence-electron chi connectivity index (χ3n) is 4.14. The number of piperidine rings is 1. The van der Waals surface area contributed by atoms with Crippen molar-refractivity contribution in [3.05, 3.63) is 41.2 Å². The lowest BCUT2D eigenvalue weighted by molar-refractivity contribution is 0.0932. The second-order valence-corrected chi connectivity index (χ2v) is 6.40. The lowest BCUT2D eigenvalue weighted by Crippen LogP contribution is -2.38. The Morgan fingerprint density at radius 2 is 2.09 bits per heavy atom. The third kappa shape index (κ3) is 5.26. The van der Waals surface area contributed by atoms with Gasteiger partial charge >= 0.3 is 0 Å². The van der Waals surface area contributed by atoms with Gasteiger partial charge in [0, 0.05) is 18.8 Å². The minimum absolute atomic E-state index is 0.0596. The Morgan fingerprint density at radius 3 is 2.73 bits per heavy atom. The second-order valence-electron chi connectivity index (χ2n) is 6.40. The van der Waals surface area contributed by atoms with Crippen molar-refractivity contribution in [3.8, 4) is 0 Å². The van der Waals surface area contributed by atoms with E-state index in [1.807, 2.05) is 19.1 Å². The van der Waals surface area contributed by atoms with Gasteiger partial charge in [0.25, 0.3) is 5.91 Å². The zero-order chi connectivity index (χ0) is 15.9. The molecule has 0 aromatic carbocycles. The van der Waals surface area contributed by atoms with E-state index < -0.39 is 0 Å². The number of pyridine rings is 1. The van der Waals surface area contributed by atoms with E-state index in [-0.39, 0.29) is 5.91 Å². The number of likely N-dealkylation sites (tertiary alicyclic amines) is 1. The van der Waals surface area contributed by atoms with E-state index in [4.69, 9.17) is 0 Å². The van der Waals surface area contributed by atoms with Crippen molar-refractivity contribution >= 4 is 5.91 Å². The SMILES string of the molecule is CC(C)=CCN1CCC(CNC(=O)c2cccc(C)n2)CC1. The molecule has 1 fully saturated rings. The van der Waals surface area contributed by atoms with Gasteiger partial charge in [0.15, 0.2) is 0 Å². The molecule has 1 N–H and O–H groups in total. The van der Waals surface area contributed by atoms with Crippen molar-refractivity contribution in [2.24, 2.45) is 5.92 Å². The molecule has 0 unspecified atom stereocenters. The lowest BCUT2D eigenvalue weighted by atomic mass is 9.96. The molecule has 1 aromatic rings. The van der Waals surface area contributed by atoms with E-state index in [1.165, 1.54) is 5.57 Å². The minimum Gasteiger partial charge on any atom is -0.350 e. The Balaban J connectivity index is 1.73. The molecule has 0 bridgehead atoms. The van der Waals surface area contributed by atoms with Crippen LogP contribution in [0.2, 0.25) is 0 Å². The van der Waals surface area contributed by atoms with Crippen LogP contribution in [0.25, 0.3) is 0 Å². The van der Waals surface area contributed by atoms with Gasteiger partial charge in [-0.25, -0.2) is 4.98 Å². The highest BCUT2D eigenvalue weighted by Crippen LogP contribution is 2.16.